The molecule has 2 nitrogen and oxygen atoms in total. The predicted molar refractivity (Wildman–Crippen MR) is 70.4 cm³/mol. The fourth-order valence-corrected chi connectivity index (χ4v) is 2.17. The van der Waals surface area contributed by atoms with Gasteiger partial charge in [-0.15, -0.1) is 0 Å². The molecule has 0 bridgehead atoms. The van der Waals surface area contributed by atoms with Crippen LogP contribution in [0.5, 0.6) is 5.75 Å². The van der Waals surface area contributed by atoms with Crippen LogP contribution in [0.1, 0.15) is 5.56 Å². The Morgan fingerprint density at radius 2 is 1.60 bits per heavy atom. The van der Waals surface area contributed by atoms with E-state index in [0.717, 1.165) is 17.6 Å². The number of halogens is 3. The average molecular weight is 277 g/mol. The zero-order valence-electron chi connectivity index (χ0n) is 10.2. The SMILES string of the molecule is Oc1cc(-c2ccc(C(F)(F)F)cc2)cc2[nH]ccc12. The summed E-state index contributed by atoms with van der Waals surface area (Å²) in [6, 6.07) is 9.92. The summed E-state index contributed by atoms with van der Waals surface area (Å²) in [5.74, 6) is 0.0960. The number of aromatic amines is 1. The minimum absolute atomic E-state index is 0.0960. The third-order valence-corrected chi connectivity index (χ3v) is 3.19. The molecule has 5 heteroatoms. The first-order valence-electron chi connectivity index (χ1n) is 5.93. The summed E-state index contributed by atoms with van der Waals surface area (Å²) in [5, 5.41) is 10.6. The molecule has 1 heterocycles. The highest BCUT2D eigenvalue weighted by Gasteiger charge is 2.29. The zero-order valence-corrected chi connectivity index (χ0v) is 10.2. The number of phenolic OH excluding ortho intramolecular Hbond substituents is 1. The quantitative estimate of drug-likeness (QED) is 0.672. The summed E-state index contributed by atoms with van der Waals surface area (Å²) in [5.41, 5.74) is 1.32. The van der Waals surface area contributed by atoms with Gasteiger partial charge in [0.1, 0.15) is 5.75 Å². The molecule has 0 aliphatic heterocycles. The van der Waals surface area contributed by atoms with E-state index < -0.39 is 11.7 Å². The third kappa shape index (κ3) is 2.11. The fraction of sp³-hybridized carbons (Fsp3) is 0.0667. The maximum atomic E-state index is 12.5. The number of hydrogen-bond donors (Lipinski definition) is 2. The standard InChI is InChI=1S/C15H10F3NO/c16-15(17,18)11-3-1-9(2-4-11)10-7-13-12(5-6-19-13)14(20)8-10/h1-8,19-20H. The largest absolute Gasteiger partial charge is 0.507 e. The molecule has 0 spiro atoms. The van der Waals surface area contributed by atoms with Gasteiger partial charge in [-0.25, -0.2) is 0 Å². The van der Waals surface area contributed by atoms with Gasteiger partial charge in [0, 0.05) is 17.1 Å². The van der Waals surface area contributed by atoms with Crippen molar-refractivity contribution in [2.75, 3.05) is 0 Å². The van der Waals surface area contributed by atoms with Gasteiger partial charge in [-0.05, 0) is 41.5 Å². The molecule has 0 aliphatic rings. The number of rotatable bonds is 1. The molecule has 0 aliphatic carbocycles. The number of H-pyrrole nitrogens is 1. The number of aromatic nitrogens is 1. The lowest BCUT2D eigenvalue weighted by atomic mass is 10.0. The molecule has 3 rings (SSSR count). The Labute approximate surface area is 112 Å². The van der Waals surface area contributed by atoms with Crippen LogP contribution in [-0.2, 0) is 6.18 Å². The van der Waals surface area contributed by atoms with Crippen LogP contribution < -0.4 is 0 Å². The smallest absolute Gasteiger partial charge is 0.416 e. The second-order valence-corrected chi connectivity index (χ2v) is 4.51. The van der Waals surface area contributed by atoms with E-state index >= 15 is 0 Å². The van der Waals surface area contributed by atoms with E-state index in [4.69, 9.17) is 0 Å². The van der Waals surface area contributed by atoms with Crippen molar-refractivity contribution < 1.29 is 18.3 Å². The van der Waals surface area contributed by atoms with Crippen molar-refractivity contribution in [1.82, 2.24) is 4.98 Å². The van der Waals surface area contributed by atoms with E-state index in [0.29, 0.717) is 16.5 Å². The highest BCUT2D eigenvalue weighted by Crippen LogP contribution is 2.34. The van der Waals surface area contributed by atoms with Crippen molar-refractivity contribution in [1.29, 1.82) is 0 Å². The third-order valence-electron chi connectivity index (χ3n) is 3.19. The number of fused-ring (bicyclic) bond motifs is 1. The van der Waals surface area contributed by atoms with Crippen LogP contribution in [0, 0.1) is 0 Å². The molecule has 2 N–H and O–H groups in total. The summed E-state index contributed by atoms with van der Waals surface area (Å²) in [4.78, 5) is 2.97. The van der Waals surface area contributed by atoms with Crippen molar-refractivity contribution in [3.63, 3.8) is 0 Å². The molecule has 0 radical (unpaired) electrons. The van der Waals surface area contributed by atoms with Gasteiger partial charge in [-0.2, -0.15) is 13.2 Å². The number of nitrogens with one attached hydrogen (secondary N) is 1. The second-order valence-electron chi connectivity index (χ2n) is 4.51. The molecular formula is C15H10F3NO. The molecule has 0 fully saturated rings. The monoisotopic (exact) mass is 277 g/mol. The van der Waals surface area contributed by atoms with Crippen LogP contribution in [0.4, 0.5) is 13.2 Å². The molecule has 0 unspecified atom stereocenters. The fourth-order valence-electron chi connectivity index (χ4n) is 2.17. The van der Waals surface area contributed by atoms with E-state index in [9.17, 15) is 18.3 Å². The van der Waals surface area contributed by atoms with Crippen LogP contribution in [0.15, 0.2) is 48.7 Å². The van der Waals surface area contributed by atoms with Crippen molar-refractivity contribution in [3.05, 3.63) is 54.2 Å². The number of aromatic hydroxyl groups is 1. The topological polar surface area (TPSA) is 36.0 Å². The van der Waals surface area contributed by atoms with Gasteiger partial charge in [-0.1, -0.05) is 12.1 Å². The Hall–Kier alpha value is -2.43. The van der Waals surface area contributed by atoms with E-state index in [2.05, 4.69) is 4.98 Å². The summed E-state index contributed by atoms with van der Waals surface area (Å²) in [7, 11) is 0. The number of benzene rings is 2. The van der Waals surface area contributed by atoms with Crippen LogP contribution in [0.2, 0.25) is 0 Å². The van der Waals surface area contributed by atoms with E-state index in [1.807, 2.05) is 0 Å². The molecule has 3 aromatic rings. The lowest BCUT2D eigenvalue weighted by Gasteiger charge is -2.08. The first-order chi connectivity index (χ1) is 9.45. The lowest BCUT2D eigenvalue weighted by molar-refractivity contribution is -0.137. The molecule has 1 aromatic heterocycles. The lowest BCUT2D eigenvalue weighted by Crippen LogP contribution is -2.03. The minimum atomic E-state index is -4.34. The Bertz CT molecular complexity index is 757. The first-order valence-corrected chi connectivity index (χ1v) is 5.93. The van der Waals surface area contributed by atoms with E-state index in [1.54, 1.807) is 24.4 Å². The van der Waals surface area contributed by atoms with Crippen LogP contribution in [-0.4, -0.2) is 10.1 Å². The van der Waals surface area contributed by atoms with Gasteiger partial charge < -0.3 is 10.1 Å². The number of hydrogen-bond acceptors (Lipinski definition) is 1. The zero-order chi connectivity index (χ0) is 14.3. The molecule has 20 heavy (non-hydrogen) atoms. The molecule has 0 saturated heterocycles. The first kappa shape index (κ1) is 12.6. The molecule has 2 aromatic carbocycles. The summed E-state index contributed by atoms with van der Waals surface area (Å²) < 4.78 is 37.5. The van der Waals surface area contributed by atoms with Crippen LogP contribution in [0.25, 0.3) is 22.0 Å². The van der Waals surface area contributed by atoms with Gasteiger partial charge in [0.2, 0.25) is 0 Å². The van der Waals surface area contributed by atoms with Crippen molar-refractivity contribution in [2.45, 2.75) is 6.18 Å². The minimum Gasteiger partial charge on any atom is -0.507 e. The average Bonchev–Trinajstić information content (AvgIpc) is 2.86. The van der Waals surface area contributed by atoms with Crippen molar-refractivity contribution in [2.24, 2.45) is 0 Å². The Kier molecular flexibility index (Phi) is 2.71. The van der Waals surface area contributed by atoms with Gasteiger partial charge in [0.05, 0.1) is 5.56 Å². The highest BCUT2D eigenvalue weighted by atomic mass is 19.4. The van der Waals surface area contributed by atoms with Crippen molar-refractivity contribution >= 4 is 10.9 Å². The Morgan fingerprint density at radius 3 is 2.25 bits per heavy atom. The Morgan fingerprint density at radius 1 is 0.900 bits per heavy atom. The molecular weight excluding hydrogens is 267 g/mol. The van der Waals surface area contributed by atoms with Gasteiger partial charge in [0.25, 0.3) is 0 Å². The number of phenols is 1. The maximum absolute atomic E-state index is 12.5. The summed E-state index contributed by atoms with van der Waals surface area (Å²) in [6.07, 6.45) is -2.65. The van der Waals surface area contributed by atoms with Gasteiger partial charge >= 0.3 is 6.18 Å². The molecule has 0 atom stereocenters. The van der Waals surface area contributed by atoms with Gasteiger partial charge in [0.15, 0.2) is 0 Å². The van der Waals surface area contributed by atoms with E-state index in [-0.39, 0.29) is 5.75 Å². The second kappa shape index (κ2) is 4.30. The normalized spacial score (nSPS) is 11.9. The number of alkyl halides is 3. The van der Waals surface area contributed by atoms with Crippen LogP contribution in [0.3, 0.4) is 0 Å². The maximum Gasteiger partial charge on any atom is 0.416 e. The Balaban J connectivity index is 2.06. The van der Waals surface area contributed by atoms with Crippen LogP contribution >= 0.6 is 0 Å². The summed E-state index contributed by atoms with van der Waals surface area (Å²) in [6.45, 7) is 0. The molecule has 102 valence electrons. The molecule has 0 amide bonds. The predicted octanol–water partition coefficient (Wildman–Crippen LogP) is 4.56. The highest BCUT2D eigenvalue weighted by molar-refractivity contribution is 5.90. The van der Waals surface area contributed by atoms with E-state index in [1.165, 1.54) is 12.1 Å². The molecule has 0 saturated carbocycles. The summed E-state index contributed by atoms with van der Waals surface area (Å²) >= 11 is 0. The van der Waals surface area contributed by atoms with Crippen molar-refractivity contribution in [3.8, 4) is 16.9 Å². The van der Waals surface area contributed by atoms with Gasteiger partial charge in [-0.3, -0.25) is 0 Å².